The molecule has 0 aliphatic carbocycles. The van der Waals surface area contributed by atoms with Gasteiger partial charge in [0.2, 0.25) is 0 Å². The first-order chi connectivity index (χ1) is 10.7. The number of nitriles is 1. The van der Waals surface area contributed by atoms with Crippen LogP contribution in [0.1, 0.15) is 42.1 Å². The van der Waals surface area contributed by atoms with Gasteiger partial charge in [-0.15, -0.1) is 11.3 Å². The smallest absolute Gasteiger partial charge is 0.256 e. The van der Waals surface area contributed by atoms with Gasteiger partial charge in [-0.25, -0.2) is 0 Å². The van der Waals surface area contributed by atoms with Crippen molar-refractivity contribution in [2.24, 2.45) is 0 Å². The molecule has 2 aromatic rings. The molecule has 0 bridgehead atoms. The average molecular weight is 314 g/mol. The molecule has 0 aliphatic rings. The Kier molecular flexibility index (Phi) is 5.99. The highest BCUT2D eigenvalue weighted by atomic mass is 32.1. The number of unbranched alkanes of at least 4 members (excludes halogenated alkanes) is 2. The first kappa shape index (κ1) is 16.1. The molecule has 5 heteroatoms. The minimum Gasteiger partial charge on any atom is -0.494 e. The molecular formula is C17H18N2O2S. The Bertz CT molecular complexity index is 656. The number of rotatable bonds is 7. The zero-order valence-corrected chi connectivity index (χ0v) is 13.3. The van der Waals surface area contributed by atoms with Crippen molar-refractivity contribution in [3.05, 3.63) is 46.8 Å². The van der Waals surface area contributed by atoms with Crippen LogP contribution in [0.5, 0.6) is 5.75 Å². The number of ether oxygens (including phenoxy) is 1. The maximum absolute atomic E-state index is 12.1. The van der Waals surface area contributed by atoms with Crippen LogP contribution in [-0.4, -0.2) is 12.5 Å². The second-order valence-electron chi connectivity index (χ2n) is 4.81. The molecule has 0 fully saturated rings. The van der Waals surface area contributed by atoms with Crippen LogP contribution in [0.25, 0.3) is 0 Å². The minimum absolute atomic E-state index is 0.225. The van der Waals surface area contributed by atoms with Crippen molar-refractivity contribution >= 4 is 22.2 Å². The number of carbonyl (C=O) groups excluding carboxylic acids is 1. The number of amides is 1. The summed E-state index contributed by atoms with van der Waals surface area (Å²) >= 11 is 1.34. The maximum Gasteiger partial charge on any atom is 0.256 e. The van der Waals surface area contributed by atoms with E-state index in [2.05, 4.69) is 18.3 Å². The zero-order chi connectivity index (χ0) is 15.8. The maximum atomic E-state index is 12.1. The van der Waals surface area contributed by atoms with Gasteiger partial charge in [-0.2, -0.15) is 5.26 Å². The first-order valence-corrected chi connectivity index (χ1v) is 8.14. The summed E-state index contributed by atoms with van der Waals surface area (Å²) in [5, 5.41) is 14.0. The van der Waals surface area contributed by atoms with E-state index in [4.69, 9.17) is 10.00 Å². The number of nitrogens with zero attached hydrogens (tertiary/aromatic N) is 1. The van der Waals surface area contributed by atoms with E-state index in [1.165, 1.54) is 11.3 Å². The van der Waals surface area contributed by atoms with Crippen LogP contribution in [0, 0.1) is 11.3 Å². The van der Waals surface area contributed by atoms with Crippen LogP contribution >= 0.6 is 11.3 Å². The number of benzene rings is 1. The van der Waals surface area contributed by atoms with Crippen molar-refractivity contribution in [2.75, 3.05) is 11.9 Å². The summed E-state index contributed by atoms with van der Waals surface area (Å²) in [6.07, 6.45) is 3.35. The largest absolute Gasteiger partial charge is 0.494 e. The van der Waals surface area contributed by atoms with Crippen LogP contribution < -0.4 is 10.1 Å². The minimum atomic E-state index is -0.225. The van der Waals surface area contributed by atoms with Crippen LogP contribution in [0.4, 0.5) is 5.00 Å². The van der Waals surface area contributed by atoms with Crippen LogP contribution in [0.3, 0.4) is 0 Å². The Hall–Kier alpha value is -2.32. The van der Waals surface area contributed by atoms with E-state index in [1.54, 1.807) is 35.7 Å². The summed E-state index contributed by atoms with van der Waals surface area (Å²) in [5.41, 5.74) is 1.02. The predicted octanol–water partition coefficient (Wildman–Crippen LogP) is 4.44. The predicted molar refractivity (Wildman–Crippen MR) is 88.4 cm³/mol. The highest BCUT2D eigenvalue weighted by Crippen LogP contribution is 2.23. The normalized spacial score (nSPS) is 10.0. The van der Waals surface area contributed by atoms with Crippen molar-refractivity contribution in [2.45, 2.75) is 26.2 Å². The topological polar surface area (TPSA) is 62.1 Å². The molecule has 0 saturated heterocycles. The molecule has 1 heterocycles. The van der Waals surface area contributed by atoms with Gasteiger partial charge in [-0.3, -0.25) is 4.79 Å². The Morgan fingerprint density at radius 1 is 1.27 bits per heavy atom. The lowest BCUT2D eigenvalue weighted by Gasteiger charge is -2.07. The SMILES string of the molecule is CCCCCOc1ccc(C(=O)Nc2sccc2C#N)cc1. The monoisotopic (exact) mass is 314 g/mol. The van der Waals surface area contributed by atoms with Crippen molar-refractivity contribution in [1.29, 1.82) is 5.26 Å². The van der Waals surface area contributed by atoms with E-state index in [0.717, 1.165) is 25.0 Å². The van der Waals surface area contributed by atoms with Crippen molar-refractivity contribution in [3.8, 4) is 11.8 Å². The summed E-state index contributed by atoms with van der Waals surface area (Å²) < 4.78 is 5.61. The standard InChI is InChI=1S/C17H18N2O2S/c1-2-3-4-10-21-15-7-5-13(6-8-15)16(20)19-17-14(12-18)9-11-22-17/h5-9,11H,2-4,10H2,1H3,(H,19,20). The van der Waals surface area contributed by atoms with Gasteiger partial charge in [0, 0.05) is 5.56 Å². The highest BCUT2D eigenvalue weighted by Gasteiger charge is 2.10. The lowest BCUT2D eigenvalue weighted by atomic mass is 10.2. The van der Waals surface area contributed by atoms with Crippen molar-refractivity contribution in [3.63, 3.8) is 0 Å². The number of thiophene rings is 1. The van der Waals surface area contributed by atoms with Gasteiger partial charge in [0.05, 0.1) is 12.2 Å². The second-order valence-corrected chi connectivity index (χ2v) is 5.73. The molecule has 2 rings (SSSR count). The van der Waals surface area contributed by atoms with Crippen LogP contribution in [0.2, 0.25) is 0 Å². The van der Waals surface area contributed by atoms with Crippen molar-refractivity contribution < 1.29 is 9.53 Å². The molecule has 1 aromatic heterocycles. The summed E-state index contributed by atoms with van der Waals surface area (Å²) in [6.45, 7) is 2.85. The molecule has 1 amide bonds. The second kappa shape index (κ2) is 8.20. The Morgan fingerprint density at radius 2 is 2.05 bits per heavy atom. The number of carbonyl (C=O) groups is 1. The van der Waals surface area contributed by atoms with E-state index in [1.807, 2.05) is 0 Å². The lowest BCUT2D eigenvalue weighted by Crippen LogP contribution is -2.11. The molecule has 0 unspecified atom stereocenters. The van der Waals surface area contributed by atoms with Gasteiger partial charge in [-0.05, 0) is 42.1 Å². The fourth-order valence-electron chi connectivity index (χ4n) is 1.91. The van der Waals surface area contributed by atoms with Crippen LogP contribution in [-0.2, 0) is 0 Å². The molecule has 1 N–H and O–H groups in total. The Morgan fingerprint density at radius 3 is 2.73 bits per heavy atom. The molecule has 1 aromatic carbocycles. The summed E-state index contributed by atoms with van der Waals surface area (Å²) in [5.74, 6) is 0.540. The third-order valence-corrected chi connectivity index (χ3v) is 3.98. The summed E-state index contributed by atoms with van der Waals surface area (Å²) in [7, 11) is 0. The fourth-order valence-corrected chi connectivity index (χ4v) is 2.65. The van der Waals surface area contributed by atoms with Gasteiger partial charge in [0.1, 0.15) is 16.8 Å². The van der Waals surface area contributed by atoms with E-state index in [9.17, 15) is 4.79 Å². The van der Waals surface area contributed by atoms with Crippen molar-refractivity contribution in [1.82, 2.24) is 0 Å². The first-order valence-electron chi connectivity index (χ1n) is 7.26. The lowest BCUT2D eigenvalue weighted by molar-refractivity contribution is 0.102. The molecule has 0 radical (unpaired) electrons. The van der Waals surface area contributed by atoms with Crippen LogP contribution in [0.15, 0.2) is 35.7 Å². The molecule has 4 nitrogen and oxygen atoms in total. The molecule has 22 heavy (non-hydrogen) atoms. The third kappa shape index (κ3) is 4.34. The highest BCUT2D eigenvalue weighted by molar-refractivity contribution is 7.14. The molecule has 0 aliphatic heterocycles. The van der Waals surface area contributed by atoms with E-state index >= 15 is 0 Å². The number of hydrogen-bond acceptors (Lipinski definition) is 4. The fraction of sp³-hybridized carbons (Fsp3) is 0.294. The molecule has 0 saturated carbocycles. The van der Waals surface area contributed by atoms with Gasteiger partial charge in [0.15, 0.2) is 0 Å². The number of anilines is 1. The average Bonchev–Trinajstić information content (AvgIpc) is 2.99. The molecule has 114 valence electrons. The van der Waals surface area contributed by atoms with Gasteiger partial charge in [0.25, 0.3) is 5.91 Å². The number of hydrogen-bond donors (Lipinski definition) is 1. The van der Waals surface area contributed by atoms with Gasteiger partial charge >= 0.3 is 0 Å². The summed E-state index contributed by atoms with van der Waals surface area (Å²) in [4.78, 5) is 12.1. The van der Waals surface area contributed by atoms with E-state index in [0.29, 0.717) is 22.7 Å². The Labute approximate surface area is 134 Å². The number of nitrogens with one attached hydrogen (secondary N) is 1. The summed E-state index contributed by atoms with van der Waals surface area (Å²) in [6, 6.07) is 10.8. The van der Waals surface area contributed by atoms with E-state index < -0.39 is 0 Å². The molecular weight excluding hydrogens is 296 g/mol. The van der Waals surface area contributed by atoms with E-state index in [-0.39, 0.29) is 5.91 Å². The zero-order valence-electron chi connectivity index (χ0n) is 12.5. The Balaban J connectivity index is 1.92. The molecule has 0 atom stereocenters. The molecule has 0 spiro atoms. The quantitative estimate of drug-likeness (QED) is 0.768. The van der Waals surface area contributed by atoms with Gasteiger partial charge < -0.3 is 10.1 Å². The third-order valence-electron chi connectivity index (χ3n) is 3.15. The van der Waals surface area contributed by atoms with Gasteiger partial charge in [-0.1, -0.05) is 19.8 Å².